The number of para-hydroxylation sites is 2. The predicted molar refractivity (Wildman–Crippen MR) is 106 cm³/mol. The van der Waals surface area contributed by atoms with Gasteiger partial charge in [-0.1, -0.05) is 36.4 Å². The van der Waals surface area contributed by atoms with Crippen LogP contribution in [0.1, 0.15) is 13.8 Å². The summed E-state index contributed by atoms with van der Waals surface area (Å²) >= 11 is 0. The van der Waals surface area contributed by atoms with Crippen molar-refractivity contribution in [3.63, 3.8) is 0 Å². The molecule has 4 nitrogen and oxygen atoms in total. The van der Waals surface area contributed by atoms with Gasteiger partial charge in [-0.2, -0.15) is 0 Å². The maximum Gasteiger partial charge on any atom is 0.155 e. The van der Waals surface area contributed by atoms with Crippen LogP contribution in [-0.4, -0.2) is 9.13 Å². The number of pyridine rings is 2. The number of aryl methyl sites for hydroxylation is 2. The van der Waals surface area contributed by atoms with E-state index in [0.717, 1.165) is 24.1 Å². The van der Waals surface area contributed by atoms with Crippen LogP contribution in [0.15, 0.2) is 83.0 Å². The maximum atomic E-state index is 4.58. The topological polar surface area (TPSA) is 34.6 Å². The van der Waals surface area contributed by atoms with E-state index in [0.29, 0.717) is 0 Å². The van der Waals surface area contributed by atoms with Crippen molar-refractivity contribution in [1.29, 1.82) is 0 Å². The smallest absolute Gasteiger partial charge is 0.155 e. The van der Waals surface area contributed by atoms with Crippen LogP contribution < -0.4 is 11.0 Å². The maximum absolute atomic E-state index is 4.58. The van der Waals surface area contributed by atoms with E-state index >= 15 is 0 Å². The quantitative estimate of drug-likeness (QED) is 0.504. The molecule has 26 heavy (non-hydrogen) atoms. The second-order valence-electron chi connectivity index (χ2n) is 6.19. The highest BCUT2D eigenvalue weighted by atomic mass is 15.3. The molecule has 0 fully saturated rings. The third-order valence-corrected chi connectivity index (χ3v) is 4.72. The van der Waals surface area contributed by atoms with Gasteiger partial charge in [-0.3, -0.25) is 0 Å². The van der Waals surface area contributed by atoms with Crippen LogP contribution in [0.5, 0.6) is 0 Å². The Balaban J connectivity index is 1.95. The number of hydrogen-bond donors (Lipinski definition) is 0. The molecule has 0 atom stereocenters. The van der Waals surface area contributed by atoms with Gasteiger partial charge >= 0.3 is 0 Å². The van der Waals surface area contributed by atoms with Gasteiger partial charge in [-0.15, -0.1) is 10.2 Å². The van der Waals surface area contributed by atoms with Gasteiger partial charge in [0.1, 0.15) is 0 Å². The minimum atomic E-state index is 0.848. The van der Waals surface area contributed by atoms with Gasteiger partial charge in [0.2, 0.25) is 0 Å². The van der Waals surface area contributed by atoms with Crippen LogP contribution in [0.3, 0.4) is 0 Å². The molecule has 0 unspecified atom stereocenters. The van der Waals surface area contributed by atoms with E-state index in [9.17, 15) is 0 Å². The molecule has 4 heteroatoms. The SMILES string of the molecule is CCn1/c(=N/N=c2\ccc3ccccc3n2CC)ccc2ccccc21. The molecule has 0 saturated carbocycles. The van der Waals surface area contributed by atoms with Crippen LogP contribution in [0.25, 0.3) is 21.8 Å². The minimum Gasteiger partial charge on any atom is -0.325 e. The van der Waals surface area contributed by atoms with Crippen molar-refractivity contribution in [1.82, 2.24) is 9.13 Å². The first-order valence-corrected chi connectivity index (χ1v) is 9.06. The fourth-order valence-electron chi connectivity index (χ4n) is 3.45. The Labute approximate surface area is 152 Å². The highest BCUT2D eigenvalue weighted by Crippen LogP contribution is 2.11. The van der Waals surface area contributed by atoms with Gasteiger partial charge in [-0.05, 0) is 61.0 Å². The summed E-state index contributed by atoms with van der Waals surface area (Å²) in [6.45, 7) is 5.96. The number of nitrogens with zero attached hydrogens (tertiary/aromatic N) is 4. The number of hydrogen-bond acceptors (Lipinski definition) is 2. The average molecular weight is 342 g/mol. The summed E-state index contributed by atoms with van der Waals surface area (Å²) in [6.07, 6.45) is 0. The zero-order valence-corrected chi connectivity index (χ0v) is 15.1. The molecule has 2 aromatic carbocycles. The van der Waals surface area contributed by atoms with Crippen molar-refractivity contribution in [3.8, 4) is 0 Å². The van der Waals surface area contributed by atoms with E-state index < -0.39 is 0 Å². The highest BCUT2D eigenvalue weighted by Gasteiger charge is 2.00. The van der Waals surface area contributed by atoms with Gasteiger partial charge in [0.15, 0.2) is 11.0 Å². The molecule has 0 aliphatic heterocycles. The molecule has 0 saturated heterocycles. The molecule has 0 aliphatic carbocycles. The van der Waals surface area contributed by atoms with Crippen LogP contribution in [0.2, 0.25) is 0 Å². The fourth-order valence-corrected chi connectivity index (χ4v) is 3.45. The Morgan fingerprint density at radius 1 is 0.577 bits per heavy atom. The van der Waals surface area contributed by atoms with Crippen molar-refractivity contribution in [2.75, 3.05) is 0 Å². The first kappa shape index (κ1) is 16.3. The van der Waals surface area contributed by atoms with Crippen LogP contribution in [0.4, 0.5) is 0 Å². The lowest BCUT2D eigenvalue weighted by atomic mass is 10.2. The molecule has 0 N–H and O–H groups in total. The number of benzene rings is 2. The Morgan fingerprint density at radius 3 is 1.42 bits per heavy atom. The van der Waals surface area contributed by atoms with E-state index in [1.165, 1.54) is 21.8 Å². The van der Waals surface area contributed by atoms with Gasteiger partial charge < -0.3 is 9.13 Å². The third kappa shape index (κ3) is 2.84. The molecule has 4 rings (SSSR count). The summed E-state index contributed by atoms with van der Waals surface area (Å²) in [6, 6.07) is 25.0. The van der Waals surface area contributed by atoms with Crippen LogP contribution in [0, 0.1) is 0 Å². The Bertz CT molecular complexity index is 1110. The molecule has 0 spiro atoms. The Hall–Kier alpha value is -3.14. The van der Waals surface area contributed by atoms with Crippen molar-refractivity contribution < 1.29 is 0 Å². The second-order valence-corrected chi connectivity index (χ2v) is 6.19. The average Bonchev–Trinajstić information content (AvgIpc) is 2.71. The monoisotopic (exact) mass is 342 g/mol. The zero-order chi connectivity index (χ0) is 17.9. The number of rotatable bonds is 3. The van der Waals surface area contributed by atoms with Gasteiger partial charge in [0, 0.05) is 24.1 Å². The van der Waals surface area contributed by atoms with Crippen molar-refractivity contribution in [2.24, 2.45) is 10.2 Å². The van der Waals surface area contributed by atoms with Crippen molar-refractivity contribution in [2.45, 2.75) is 26.9 Å². The fraction of sp³-hybridized carbons (Fsp3) is 0.182. The summed E-state index contributed by atoms with van der Waals surface area (Å²) in [4.78, 5) is 0. The summed E-state index contributed by atoms with van der Waals surface area (Å²) in [7, 11) is 0. The lowest BCUT2D eigenvalue weighted by molar-refractivity contribution is 0.708. The Morgan fingerprint density at radius 2 is 1.00 bits per heavy atom. The molecule has 0 amide bonds. The first-order chi connectivity index (χ1) is 12.8. The Kier molecular flexibility index (Phi) is 4.40. The van der Waals surface area contributed by atoms with Crippen molar-refractivity contribution >= 4 is 21.8 Å². The van der Waals surface area contributed by atoms with Gasteiger partial charge in [-0.25, -0.2) is 0 Å². The lowest BCUT2D eigenvalue weighted by Gasteiger charge is -2.09. The molecular formula is C22H22N4. The van der Waals surface area contributed by atoms with E-state index in [2.05, 4.69) is 93.8 Å². The zero-order valence-electron chi connectivity index (χ0n) is 15.1. The van der Waals surface area contributed by atoms with E-state index in [-0.39, 0.29) is 0 Å². The van der Waals surface area contributed by atoms with Crippen molar-refractivity contribution in [3.05, 3.63) is 83.8 Å². The predicted octanol–water partition coefficient (Wildman–Crippen LogP) is 4.05. The van der Waals surface area contributed by atoms with Gasteiger partial charge in [0.25, 0.3) is 0 Å². The molecule has 130 valence electrons. The number of fused-ring (bicyclic) bond motifs is 2. The van der Waals surface area contributed by atoms with E-state index in [1.807, 2.05) is 12.1 Å². The van der Waals surface area contributed by atoms with E-state index in [4.69, 9.17) is 0 Å². The molecular weight excluding hydrogens is 320 g/mol. The molecule has 0 bridgehead atoms. The normalized spacial score (nSPS) is 13.0. The molecule has 2 aromatic heterocycles. The summed E-state index contributed by atoms with van der Waals surface area (Å²) in [5.41, 5.74) is 4.07. The largest absolute Gasteiger partial charge is 0.325 e. The number of aromatic nitrogens is 2. The molecule has 4 aromatic rings. The summed E-state index contributed by atoms with van der Waals surface area (Å²) in [5.74, 6) is 0. The molecule has 2 heterocycles. The van der Waals surface area contributed by atoms with Crippen LogP contribution >= 0.6 is 0 Å². The second kappa shape index (κ2) is 7.00. The third-order valence-electron chi connectivity index (χ3n) is 4.72. The van der Waals surface area contributed by atoms with Gasteiger partial charge in [0.05, 0.1) is 0 Å². The summed E-state index contributed by atoms with van der Waals surface area (Å²) < 4.78 is 4.38. The summed E-state index contributed by atoms with van der Waals surface area (Å²) in [5, 5.41) is 11.6. The molecule has 0 radical (unpaired) electrons. The highest BCUT2D eigenvalue weighted by molar-refractivity contribution is 5.79. The minimum absolute atomic E-state index is 0.848. The first-order valence-electron chi connectivity index (χ1n) is 9.06. The standard InChI is InChI=1S/C22H22N4/c1-3-25-19-11-7-5-9-17(19)13-15-21(25)23-24-22-16-14-18-10-6-8-12-20(18)26(22)4-2/h5-16H,3-4H2,1-2H3/b23-21+,24-22+. The molecule has 0 aliphatic rings. The lowest BCUT2D eigenvalue weighted by Crippen LogP contribution is -2.22. The van der Waals surface area contributed by atoms with E-state index in [1.54, 1.807) is 0 Å². The van der Waals surface area contributed by atoms with Crippen LogP contribution in [-0.2, 0) is 13.1 Å².